The number of halogens is 1. The summed E-state index contributed by atoms with van der Waals surface area (Å²) < 4.78 is 0. The third kappa shape index (κ3) is 2.67. The molecule has 0 spiro atoms. The summed E-state index contributed by atoms with van der Waals surface area (Å²) in [4.78, 5) is 8.43. The lowest BCUT2D eigenvalue weighted by Crippen LogP contribution is -1.94. The first-order valence-electron chi connectivity index (χ1n) is 6.72. The summed E-state index contributed by atoms with van der Waals surface area (Å²) in [6.07, 6.45) is 4.50. The summed E-state index contributed by atoms with van der Waals surface area (Å²) in [5.41, 5.74) is 6.50. The maximum atomic E-state index is 5.96. The summed E-state index contributed by atoms with van der Waals surface area (Å²) in [6, 6.07) is 13.9. The smallest absolute Gasteiger partial charge is 0.198 e. The highest BCUT2D eigenvalue weighted by Crippen LogP contribution is 2.32. The average molecular weight is 294 g/mol. The molecule has 0 amide bonds. The van der Waals surface area contributed by atoms with Gasteiger partial charge in [0.2, 0.25) is 0 Å². The Balaban J connectivity index is 2.21. The first kappa shape index (κ1) is 13.8. The van der Waals surface area contributed by atoms with Crippen molar-refractivity contribution in [2.75, 3.05) is 0 Å². The molecule has 0 saturated heterocycles. The lowest BCUT2D eigenvalue weighted by Gasteiger charge is -2.12. The highest BCUT2D eigenvalue weighted by atomic mass is 35.5. The number of benzene rings is 2. The molecule has 0 fully saturated rings. The average Bonchev–Trinajstić information content (AvgIpc) is 2.51. The van der Waals surface area contributed by atoms with Crippen LogP contribution in [0, 0.1) is 20.2 Å². The SMILES string of the molecule is Cc1cccc(-c2n[c]ncc2-c2ccc(Cl)cc2)c1C. The zero-order valence-electron chi connectivity index (χ0n) is 11.9. The van der Waals surface area contributed by atoms with Gasteiger partial charge in [0.1, 0.15) is 0 Å². The van der Waals surface area contributed by atoms with Crippen LogP contribution in [0.2, 0.25) is 5.02 Å². The van der Waals surface area contributed by atoms with E-state index in [2.05, 4.69) is 42.3 Å². The summed E-state index contributed by atoms with van der Waals surface area (Å²) in [6.45, 7) is 4.21. The molecule has 0 saturated carbocycles. The monoisotopic (exact) mass is 293 g/mol. The maximum absolute atomic E-state index is 5.96. The second-order valence-electron chi connectivity index (χ2n) is 4.99. The maximum Gasteiger partial charge on any atom is 0.198 e. The molecule has 0 atom stereocenters. The molecule has 21 heavy (non-hydrogen) atoms. The van der Waals surface area contributed by atoms with Crippen LogP contribution in [0.15, 0.2) is 48.7 Å². The van der Waals surface area contributed by atoms with Crippen LogP contribution in [0.5, 0.6) is 0 Å². The minimum absolute atomic E-state index is 0.718. The Morgan fingerprint density at radius 2 is 1.71 bits per heavy atom. The second kappa shape index (κ2) is 5.66. The van der Waals surface area contributed by atoms with Gasteiger partial charge in [-0.3, -0.25) is 0 Å². The molecular formula is C18H14ClN2. The van der Waals surface area contributed by atoms with Crippen LogP contribution >= 0.6 is 11.6 Å². The predicted molar refractivity (Wildman–Crippen MR) is 86.2 cm³/mol. The molecular weight excluding hydrogens is 280 g/mol. The molecule has 103 valence electrons. The Hall–Kier alpha value is -2.19. The van der Waals surface area contributed by atoms with Gasteiger partial charge in [-0.1, -0.05) is 41.9 Å². The number of hydrogen-bond acceptors (Lipinski definition) is 2. The number of hydrogen-bond donors (Lipinski definition) is 0. The molecule has 0 aliphatic heterocycles. The highest BCUT2D eigenvalue weighted by Gasteiger charge is 2.12. The van der Waals surface area contributed by atoms with Crippen LogP contribution in [0.25, 0.3) is 22.4 Å². The second-order valence-corrected chi connectivity index (χ2v) is 5.42. The van der Waals surface area contributed by atoms with Crippen molar-refractivity contribution in [3.8, 4) is 22.4 Å². The van der Waals surface area contributed by atoms with Crippen molar-refractivity contribution in [1.29, 1.82) is 0 Å². The Kier molecular flexibility index (Phi) is 3.72. The van der Waals surface area contributed by atoms with Crippen molar-refractivity contribution in [3.05, 3.63) is 71.1 Å². The van der Waals surface area contributed by atoms with Crippen LogP contribution in [-0.2, 0) is 0 Å². The molecule has 1 radical (unpaired) electrons. The minimum atomic E-state index is 0.718. The van der Waals surface area contributed by atoms with Gasteiger partial charge in [-0.15, -0.1) is 0 Å². The Labute approximate surface area is 129 Å². The third-order valence-corrected chi connectivity index (χ3v) is 3.94. The van der Waals surface area contributed by atoms with E-state index in [0.29, 0.717) is 0 Å². The highest BCUT2D eigenvalue weighted by molar-refractivity contribution is 6.30. The van der Waals surface area contributed by atoms with Crippen molar-refractivity contribution in [2.24, 2.45) is 0 Å². The molecule has 1 heterocycles. The molecule has 2 nitrogen and oxygen atoms in total. The van der Waals surface area contributed by atoms with Gasteiger partial charge in [0.25, 0.3) is 0 Å². The van der Waals surface area contributed by atoms with E-state index in [-0.39, 0.29) is 0 Å². The quantitative estimate of drug-likeness (QED) is 0.673. The van der Waals surface area contributed by atoms with E-state index in [4.69, 9.17) is 11.6 Å². The van der Waals surface area contributed by atoms with E-state index < -0.39 is 0 Å². The largest absolute Gasteiger partial charge is 0.233 e. The Morgan fingerprint density at radius 1 is 0.952 bits per heavy atom. The number of aromatic nitrogens is 2. The van der Waals surface area contributed by atoms with Crippen molar-refractivity contribution in [1.82, 2.24) is 9.97 Å². The third-order valence-electron chi connectivity index (χ3n) is 3.68. The summed E-state index contributed by atoms with van der Waals surface area (Å²) in [7, 11) is 0. The normalized spacial score (nSPS) is 10.6. The Morgan fingerprint density at radius 3 is 2.48 bits per heavy atom. The zero-order valence-corrected chi connectivity index (χ0v) is 12.6. The fraction of sp³-hybridized carbons (Fsp3) is 0.111. The number of aryl methyl sites for hydroxylation is 1. The van der Waals surface area contributed by atoms with Gasteiger partial charge < -0.3 is 0 Å². The first-order valence-corrected chi connectivity index (χ1v) is 7.10. The van der Waals surface area contributed by atoms with Crippen LogP contribution in [0.1, 0.15) is 11.1 Å². The zero-order chi connectivity index (χ0) is 14.8. The first-order chi connectivity index (χ1) is 10.2. The molecule has 3 heteroatoms. The van der Waals surface area contributed by atoms with Crippen LogP contribution in [0.4, 0.5) is 0 Å². The van der Waals surface area contributed by atoms with Crippen LogP contribution < -0.4 is 0 Å². The Bertz CT molecular complexity index is 779. The van der Waals surface area contributed by atoms with Gasteiger partial charge in [0.15, 0.2) is 6.33 Å². The van der Waals surface area contributed by atoms with E-state index in [0.717, 1.165) is 27.4 Å². The van der Waals surface area contributed by atoms with Gasteiger partial charge in [0.05, 0.1) is 5.69 Å². The van der Waals surface area contributed by atoms with Gasteiger partial charge >= 0.3 is 0 Å². The van der Waals surface area contributed by atoms with Crippen molar-refractivity contribution in [2.45, 2.75) is 13.8 Å². The molecule has 3 rings (SSSR count). The lowest BCUT2D eigenvalue weighted by molar-refractivity contribution is 1.15. The molecule has 0 N–H and O–H groups in total. The van der Waals surface area contributed by atoms with Crippen LogP contribution in [0.3, 0.4) is 0 Å². The lowest BCUT2D eigenvalue weighted by atomic mass is 9.95. The number of nitrogens with zero attached hydrogens (tertiary/aromatic N) is 2. The number of rotatable bonds is 2. The van der Waals surface area contributed by atoms with Gasteiger partial charge in [0, 0.05) is 22.3 Å². The molecule has 1 aromatic heterocycles. The molecule has 0 aliphatic rings. The van der Waals surface area contributed by atoms with Crippen molar-refractivity contribution in [3.63, 3.8) is 0 Å². The van der Waals surface area contributed by atoms with Gasteiger partial charge in [-0.05, 0) is 42.7 Å². The summed E-state index contributed by atoms with van der Waals surface area (Å²) in [5, 5.41) is 0.718. The predicted octanol–water partition coefficient (Wildman–Crippen LogP) is 4.88. The van der Waals surface area contributed by atoms with Crippen molar-refractivity contribution >= 4 is 11.6 Å². The molecule has 2 aromatic carbocycles. The summed E-state index contributed by atoms with van der Waals surface area (Å²) >= 11 is 5.96. The fourth-order valence-corrected chi connectivity index (χ4v) is 2.47. The summed E-state index contributed by atoms with van der Waals surface area (Å²) in [5.74, 6) is 0. The van der Waals surface area contributed by atoms with E-state index >= 15 is 0 Å². The van der Waals surface area contributed by atoms with Gasteiger partial charge in [-0.2, -0.15) is 0 Å². The molecule has 0 bridgehead atoms. The topological polar surface area (TPSA) is 25.8 Å². The molecule has 3 aromatic rings. The van der Waals surface area contributed by atoms with E-state index in [1.807, 2.05) is 30.3 Å². The van der Waals surface area contributed by atoms with Gasteiger partial charge in [-0.25, -0.2) is 9.97 Å². The van der Waals surface area contributed by atoms with Crippen LogP contribution in [-0.4, -0.2) is 9.97 Å². The van der Waals surface area contributed by atoms with E-state index in [1.54, 1.807) is 6.20 Å². The minimum Gasteiger partial charge on any atom is -0.233 e. The van der Waals surface area contributed by atoms with E-state index in [9.17, 15) is 0 Å². The molecule has 0 unspecified atom stereocenters. The van der Waals surface area contributed by atoms with E-state index in [1.165, 1.54) is 11.1 Å². The fourth-order valence-electron chi connectivity index (χ4n) is 2.35. The standard InChI is InChI=1S/C18H14ClN2/c1-12-4-3-5-16(13(12)2)18-17(10-20-11-21-18)14-6-8-15(19)9-7-14/h3-10H,1-2H3. The van der Waals surface area contributed by atoms with Crippen molar-refractivity contribution < 1.29 is 0 Å². The molecule has 0 aliphatic carbocycles.